The highest BCUT2D eigenvalue weighted by molar-refractivity contribution is 6.31. The molecule has 2 aromatic carbocycles. The minimum Gasteiger partial charge on any atom is -0.507 e. The molecule has 0 amide bonds. The standard InChI is InChI=1S/C27H29NO10.C8H12N4O5.ClH/c1-10-22(30)14(28)7-17(37-10)38-16-9-27(35,11(2)29)8-13-19(16)26(34)21-20(24(13)32)23(31)12-5-4-6-15(36-3)18(12)25(21)33;9-7-10-2-12(8(16)11-7)6-5(15)4(14)3(1-13)17-6;/h4-6,10,14,16-17,22,30,32,34-35H,7-9,28H2,1-3H3;2-6,13-15H,1H2,(H2,9,11,16);1H/t10-,14-,16-,17-,22+,27-;3-,4-,5-,6-;/m01./s1. The third kappa shape index (κ3) is 7.24. The fourth-order valence-corrected chi connectivity index (χ4v) is 7.30. The van der Waals surface area contributed by atoms with Crippen molar-refractivity contribution in [2.24, 2.45) is 5.73 Å². The van der Waals surface area contributed by atoms with Crippen LogP contribution in [-0.4, -0.2) is 130 Å². The first-order valence-corrected chi connectivity index (χ1v) is 17.1. The number of fused-ring (bicyclic) bond motifs is 3. The van der Waals surface area contributed by atoms with Gasteiger partial charge in [-0.2, -0.15) is 4.98 Å². The van der Waals surface area contributed by atoms with Crippen molar-refractivity contribution < 1.29 is 69.1 Å². The van der Waals surface area contributed by atoms with E-state index in [4.69, 9.17) is 35.5 Å². The Bertz CT molecular complexity index is 2090. The number of phenolic OH excluding ortho intramolecular Hbond substituents is 2. The molecule has 3 aromatic rings. The minimum atomic E-state index is -2.00. The van der Waals surface area contributed by atoms with E-state index in [0.717, 1.165) is 10.9 Å². The number of aliphatic hydroxyl groups is 5. The lowest BCUT2D eigenvalue weighted by atomic mass is 9.72. The van der Waals surface area contributed by atoms with Crippen LogP contribution in [0.15, 0.2) is 29.3 Å². The molecule has 0 unspecified atom stereocenters. The number of nitrogen functional groups attached to an aromatic ring is 1. The fraction of sp³-hybridized carbons (Fsp3) is 0.486. The molecule has 4 aliphatic rings. The maximum atomic E-state index is 13.6. The van der Waals surface area contributed by atoms with Crippen LogP contribution in [-0.2, 0) is 25.4 Å². The number of phenols is 2. The van der Waals surface area contributed by atoms with Crippen LogP contribution < -0.4 is 21.9 Å². The van der Waals surface area contributed by atoms with E-state index in [1.54, 1.807) is 6.92 Å². The number of ketones is 3. The lowest BCUT2D eigenvalue weighted by Crippen LogP contribution is -2.52. The zero-order chi connectivity index (χ0) is 40.3. The largest absolute Gasteiger partial charge is 0.507 e. The number of anilines is 1. The summed E-state index contributed by atoms with van der Waals surface area (Å²) in [6.45, 7) is 2.31. The molecule has 3 heterocycles. The highest BCUT2D eigenvalue weighted by Gasteiger charge is 2.49. The summed E-state index contributed by atoms with van der Waals surface area (Å²) in [5.41, 5.74) is 7.43. The molecular weight excluding hydrogens is 766 g/mol. The van der Waals surface area contributed by atoms with Gasteiger partial charge < -0.3 is 66.2 Å². The van der Waals surface area contributed by atoms with Gasteiger partial charge in [-0.05, 0) is 19.9 Å². The molecule has 2 aliphatic heterocycles. The van der Waals surface area contributed by atoms with Crippen molar-refractivity contribution in [3.63, 3.8) is 0 Å². The molecule has 304 valence electrons. The zero-order valence-electron chi connectivity index (χ0n) is 30.1. The maximum absolute atomic E-state index is 13.6. The van der Waals surface area contributed by atoms with Crippen LogP contribution in [0.25, 0.3) is 0 Å². The number of nitrogens with zero attached hydrogens (tertiary/aromatic N) is 3. The number of carbonyl (C=O) groups is 3. The fourth-order valence-electron chi connectivity index (χ4n) is 7.30. The Morgan fingerprint density at radius 2 is 1.71 bits per heavy atom. The lowest BCUT2D eigenvalue weighted by molar-refractivity contribution is -0.247. The van der Waals surface area contributed by atoms with Crippen molar-refractivity contribution in [1.82, 2.24) is 14.5 Å². The van der Waals surface area contributed by atoms with Crippen LogP contribution in [0.2, 0.25) is 0 Å². The summed E-state index contributed by atoms with van der Waals surface area (Å²) >= 11 is 0. The number of rotatable bonds is 6. The summed E-state index contributed by atoms with van der Waals surface area (Å²) in [6.07, 6.45) is -8.21. The Morgan fingerprint density at radius 1 is 1.04 bits per heavy atom. The van der Waals surface area contributed by atoms with Gasteiger partial charge in [0.15, 0.2) is 24.1 Å². The van der Waals surface area contributed by atoms with Crippen molar-refractivity contribution in [3.8, 4) is 17.2 Å². The first kappa shape index (κ1) is 42.5. The number of hydrogen-bond donors (Lipinski definition) is 9. The highest BCUT2D eigenvalue weighted by Crippen LogP contribution is 2.52. The molecule has 0 bridgehead atoms. The number of carbonyl (C=O) groups excluding carboxylic acids is 3. The van der Waals surface area contributed by atoms with Crippen LogP contribution >= 0.6 is 12.4 Å². The molecule has 2 fully saturated rings. The number of nitrogens with two attached hydrogens (primary N) is 2. The Kier molecular flexibility index (Phi) is 12.2. The van der Waals surface area contributed by atoms with E-state index < -0.39 is 119 Å². The van der Waals surface area contributed by atoms with E-state index in [9.17, 15) is 49.8 Å². The molecule has 2 aliphatic carbocycles. The minimum absolute atomic E-state index is 0. The van der Waals surface area contributed by atoms with E-state index in [1.165, 1.54) is 32.2 Å². The molecule has 10 atom stereocenters. The molecule has 0 spiro atoms. The van der Waals surface area contributed by atoms with Gasteiger partial charge in [0.25, 0.3) is 0 Å². The first-order chi connectivity index (χ1) is 25.9. The van der Waals surface area contributed by atoms with Crippen LogP contribution in [0, 0.1) is 0 Å². The number of ether oxygens (including phenoxy) is 4. The zero-order valence-corrected chi connectivity index (χ0v) is 31.0. The average Bonchev–Trinajstić information content (AvgIpc) is 3.42. The predicted molar refractivity (Wildman–Crippen MR) is 191 cm³/mol. The van der Waals surface area contributed by atoms with Crippen LogP contribution in [0.4, 0.5) is 5.95 Å². The molecule has 20 nitrogen and oxygen atoms in total. The van der Waals surface area contributed by atoms with Crippen LogP contribution in [0.1, 0.15) is 82.0 Å². The summed E-state index contributed by atoms with van der Waals surface area (Å²) in [7, 11) is 1.34. The number of halogens is 1. The van der Waals surface area contributed by atoms with Crippen molar-refractivity contribution in [2.75, 3.05) is 19.5 Å². The quantitative estimate of drug-likeness (QED) is 0.0979. The number of hydrogen-bond acceptors (Lipinski definition) is 19. The van der Waals surface area contributed by atoms with Gasteiger partial charge in [-0.25, -0.2) is 9.78 Å². The second kappa shape index (κ2) is 16.1. The van der Waals surface area contributed by atoms with Gasteiger partial charge in [0.2, 0.25) is 11.7 Å². The second-order valence-electron chi connectivity index (χ2n) is 13.8. The van der Waals surface area contributed by atoms with Crippen molar-refractivity contribution >= 4 is 35.7 Å². The first-order valence-electron chi connectivity index (χ1n) is 17.1. The monoisotopic (exact) mass is 807 g/mol. The molecule has 0 saturated carbocycles. The lowest BCUT2D eigenvalue weighted by Gasteiger charge is -2.42. The van der Waals surface area contributed by atoms with Gasteiger partial charge in [0.1, 0.15) is 47.5 Å². The van der Waals surface area contributed by atoms with Gasteiger partial charge >= 0.3 is 5.69 Å². The van der Waals surface area contributed by atoms with E-state index in [1.807, 2.05) is 0 Å². The maximum Gasteiger partial charge on any atom is 0.354 e. The van der Waals surface area contributed by atoms with Gasteiger partial charge in [0.05, 0.1) is 48.7 Å². The van der Waals surface area contributed by atoms with Crippen LogP contribution in [0.3, 0.4) is 0 Å². The van der Waals surface area contributed by atoms with Gasteiger partial charge in [-0.3, -0.25) is 19.0 Å². The van der Waals surface area contributed by atoms with Crippen molar-refractivity contribution in [3.05, 3.63) is 68.4 Å². The number of aromatic hydroxyl groups is 2. The van der Waals surface area contributed by atoms with Gasteiger partial charge in [-0.15, -0.1) is 12.4 Å². The van der Waals surface area contributed by atoms with Gasteiger partial charge in [-0.1, -0.05) is 12.1 Å². The molecule has 11 N–H and O–H groups in total. The molecule has 7 rings (SSSR count). The molecule has 21 heteroatoms. The number of aromatic nitrogens is 3. The summed E-state index contributed by atoms with van der Waals surface area (Å²) in [5, 5.41) is 72.2. The molecule has 2 saturated heterocycles. The Balaban J connectivity index is 0.000000279. The third-order valence-electron chi connectivity index (χ3n) is 10.3. The van der Waals surface area contributed by atoms with Crippen LogP contribution in [0.5, 0.6) is 17.2 Å². The number of benzene rings is 2. The molecule has 1 aromatic heterocycles. The summed E-state index contributed by atoms with van der Waals surface area (Å²) in [6, 6.07) is 3.75. The second-order valence-corrected chi connectivity index (χ2v) is 13.8. The van der Waals surface area contributed by atoms with E-state index in [0.29, 0.717) is 0 Å². The average molecular weight is 808 g/mol. The van der Waals surface area contributed by atoms with Crippen molar-refractivity contribution in [2.45, 2.75) is 93.9 Å². The molecule has 56 heavy (non-hydrogen) atoms. The number of Topliss-reactive ketones (excluding diaryl/α,β-unsaturated/α-hetero) is 1. The number of methoxy groups -OCH3 is 1. The molecule has 0 radical (unpaired) electrons. The van der Waals surface area contributed by atoms with E-state index >= 15 is 0 Å². The topological polar surface area (TPSA) is 330 Å². The summed E-state index contributed by atoms with van der Waals surface area (Å²) in [4.78, 5) is 58.0. The Labute approximate surface area is 323 Å². The number of aliphatic hydroxyl groups excluding tert-OH is 4. The predicted octanol–water partition coefficient (Wildman–Crippen LogP) is -1.72. The molecular formula is C35H42ClN5O15. The Hall–Kier alpha value is -4.61. The third-order valence-corrected chi connectivity index (χ3v) is 10.3. The SMILES string of the molecule is COc1cccc2c1C(=O)c1c(O)c3c(c(O)c1C2=O)C[C@@](O)(C(C)=O)C[C@@H]3O[C@H]1C[C@H](N)[C@H](O)[C@H](C)O1.Cl.Nc1ncn([C@@H]2O[C@H](CO)[C@@H](O)[C@H]2O)c(=O)n1. The summed E-state index contributed by atoms with van der Waals surface area (Å²) < 4.78 is 23.1. The summed E-state index contributed by atoms with van der Waals surface area (Å²) in [5.74, 6) is -3.37. The van der Waals surface area contributed by atoms with Gasteiger partial charge in [0, 0.05) is 42.0 Å². The normalized spacial score (nSPS) is 30.6. The Morgan fingerprint density at radius 3 is 2.30 bits per heavy atom. The van der Waals surface area contributed by atoms with E-state index in [2.05, 4.69) is 9.97 Å². The van der Waals surface area contributed by atoms with E-state index in [-0.39, 0.29) is 59.2 Å². The van der Waals surface area contributed by atoms with Crippen molar-refractivity contribution in [1.29, 1.82) is 0 Å². The highest BCUT2D eigenvalue weighted by atomic mass is 35.5. The smallest absolute Gasteiger partial charge is 0.354 e.